The second-order valence-electron chi connectivity index (χ2n) is 7.70. The van der Waals surface area contributed by atoms with Gasteiger partial charge >= 0.3 is 27.6 Å². The molecular weight excluding hydrogens is 501 g/mol. The van der Waals surface area contributed by atoms with E-state index in [0.717, 1.165) is 26.0 Å². The molecule has 14 heteroatoms. The molecular formula is C21H21F3O10S. The van der Waals surface area contributed by atoms with Gasteiger partial charge in [0.1, 0.15) is 36.8 Å². The fraction of sp³-hybridized carbons (Fsp3) is 0.429. The van der Waals surface area contributed by atoms with Crippen LogP contribution in [0, 0.1) is 0 Å². The Labute approximate surface area is 197 Å². The number of benzene rings is 2. The van der Waals surface area contributed by atoms with Crippen LogP contribution in [0.25, 0.3) is 10.8 Å². The lowest BCUT2D eigenvalue weighted by Crippen LogP contribution is -2.57. The van der Waals surface area contributed by atoms with Gasteiger partial charge in [-0.1, -0.05) is 18.2 Å². The van der Waals surface area contributed by atoms with E-state index in [2.05, 4.69) is 4.18 Å². The van der Waals surface area contributed by atoms with Crippen LogP contribution < -0.4 is 4.18 Å². The monoisotopic (exact) mass is 522 g/mol. The van der Waals surface area contributed by atoms with Gasteiger partial charge in [-0.15, -0.1) is 0 Å². The van der Waals surface area contributed by atoms with E-state index in [-0.39, 0.29) is 6.61 Å². The van der Waals surface area contributed by atoms with Crippen LogP contribution >= 0.6 is 0 Å². The van der Waals surface area contributed by atoms with E-state index in [1.165, 1.54) is 24.3 Å². The van der Waals surface area contributed by atoms with Crippen LogP contribution in [-0.4, -0.2) is 67.1 Å². The third kappa shape index (κ3) is 6.01. The van der Waals surface area contributed by atoms with Gasteiger partial charge in [0.15, 0.2) is 6.10 Å². The SMILES string of the molecule is CC(=O)OC[C@H]1O[C@H](c2ccc3cc(OS(=O)(=O)C(F)(F)F)ccc3c2)[C@@H](O)[C@@H](O)[C@@H]1OC(C)=O. The highest BCUT2D eigenvalue weighted by atomic mass is 32.2. The van der Waals surface area contributed by atoms with Crippen molar-refractivity contribution in [3.63, 3.8) is 0 Å². The summed E-state index contributed by atoms with van der Waals surface area (Å²) < 4.78 is 80.0. The highest BCUT2D eigenvalue weighted by Crippen LogP contribution is 2.36. The molecule has 1 fully saturated rings. The largest absolute Gasteiger partial charge is 0.534 e. The number of fused-ring (bicyclic) bond motifs is 1. The molecule has 0 aromatic heterocycles. The van der Waals surface area contributed by atoms with Crippen molar-refractivity contribution < 1.29 is 59.8 Å². The van der Waals surface area contributed by atoms with E-state index < -0.39 is 63.8 Å². The topological polar surface area (TPSA) is 146 Å². The van der Waals surface area contributed by atoms with E-state index in [0.29, 0.717) is 16.3 Å². The van der Waals surface area contributed by atoms with E-state index >= 15 is 0 Å². The molecule has 0 saturated carbocycles. The van der Waals surface area contributed by atoms with Crippen LogP contribution in [-0.2, 0) is 33.9 Å². The van der Waals surface area contributed by atoms with Crippen LogP contribution in [0.5, 0.6) is 5.75 Å². The first-order chi connectivity index (χ1) is 16.2. The van der Waals surface area contributed by atoms with Gasteiger partial charge in [-0.3, -0.25) is 9.59 Å². The molecule has 1 heterocycles. The molecule has 0 spiro atoms. The lowest BCUT2D eigenvalue weighted by Gasteiger charge is -2.42. The maximum absolute atomic E-state index is 12.6. The summed E-state index contributed by atoms with van der Waals surface area (Å²) in [4.78, 5) is 22.6. The Morgan fingerprint density at radius 1 is 1.00 bits per heavy atom. The van der Waals surface area contributed by atoms with Crippen LogP contribution in [0.15, 0.2) is 36.4 Å². The number of rotatable bonds is 6. The Morgan fingerprint density at radius 2 is 1.63 bits per heavy atom. The summed E-state index contributed by atoms with van der Waals surface area (Å²) in [6.07, 6.45) is -6.77. The fourth-order valence-corrected chi connectivity index (χ4v) is 3.98. The summed E-state index contributed by atoms with van der Waals surface area (Å²) >= 11 is 0. The Bertz CT molecular complexity index is 1210. The molecule has 0 radical (unpaired) electrons. The van der Waals surface area contributed by atoms with Crippen molar-refractivity contribution in [2.75, 3.05) is 6.61 Å². The van der Waals surface area contributed by atoms with Crippen molar-refractivity contribution in [3.8, 4) is 5.75 Å². The van der Waals surface area contributed by atoms with Crippen molar-refractivity contribution in [1.82, 2.24) is 0 Å². The molecule has 10 nitrogen and oxygen atoms in total. The average Bonchev–Trinajstić information content (AvgIpc) is 2.74. The number of carbonyl (C=O) groups excluding carboxylic acids is 2. The lowest BCUT2D eigenvalue weighted by molar-refractivity contribution is -0.242. The zero-order chi connectivity index (χ0) is 26.1. The zero-order valence-electron chi connectivity index (χ0n) is 18.3. The minimum Gasteiger partial charge on any atom is -0.463 e. The van der Waals surface area contributed by atoms with Crippen molar-refractivity contribution in [1.29, 1.82) is 0 Å². The lowest BCUT2D eigenvalue weighted by atomic mass is 9.90. The average molecular weight is 522 g/mol. The number of aliphatic hydroxyl groups is 2. The number of carbonyl (C=O) groups is 2. The molecule has 1 aliphatic heterocycles. The van der Waals surface area contributed by atoms with Crippen LogP contribution in [0.4, 0.5) is 13.2 Å². The zero-order valence-corrected chi connectivity index (χ0v) is 19.1. The molecule has 35 heavy (non-hydrogen) atoms. The fourth-order valence-electron chi connectivity index (χ4n) is 3.53. The van der Waals surface area contributed by atoms with Crippen molar-refractivity contribution >= 4 is 32.8 Å². The Balaban J connectivity index is 1.89. The number of alkyl halides is 3. The maximum Gasteiger partial charge on any atom is 0.534 e. The first-order valence-corrected chi connectivity index (χ1v) is 11.5. The van der Waals surface area contributed by atoms with Gasteiger partial charge in [-0.2, -0.15) is 21.6 Å². The summed E-state index contributed by atoms with van der Waals surface area (Å²) in [5.41, 5.74) is -5.26. The molecule has 0 unspecified atom stereocenters. The highest BCUT2D eigenvalue weighted by Gasteiger charge is 2.49. The standard InChI is InChI=1S/C21H21F3O10S/c1-10(25)31-9-16-20(32-11(2)26)18(28)17(27)19(33-16)14-4-3-13-8-15(6-5-12(13)7-14)34-35(29,30)21(22,23)24/h3-8,16-20,27-28H,9H2,1-2H3/t16-,17+,18-,19-,20-/m1/s1. The summed E-state index contributed by atoms with van der Waals surface area (Å²) in [6.45, 7) is 1.86. The smallest absolute Gasteiger partial charge is 0.463 e. The number of ether oxygens (including phenoxy) is 3. The minimum atomic E-state index is -5.84. The minimum absolute atomic E-state index is 0.309. The van der Waals surface area contributed by atoms with Gasteiger partial charge in [0.2, 0.25) is 0 Å². The van der Waals surface area contributed by atoms with Crippen LogP contribution in [0.1, 0.15) is 25.5 Å². The van der Waals surface area contributed by atoms with Gasteiger partial charge in [-0.05, 0) is 34.5 Å². The summed E-state index contributed by atoms with van der Waals surface area (Å²) in [6, 6.07) is 7.73. The number of aliphatic hydroxyl groups excluding tert-OH is 2. The first-order valence-electron chi connectivity index (χ1n) is 10.1. The molecule has 0 amide bonds. The number of hydrogen-bond donors (Lipinski definition) is 2. The second kappa shape index (κ2) is 9.97. The van der Waals surface area contributed by atoms with Crippen molar-refractivity contribution in [2.24, 2.45) is 0 Å². The number of esters is 2. The summed E-state index contributed by atoms with van der Waals surface area (Å²) in [5, 5.41) is 21.9. The van der Waals surface area contributed by atoms with Gasteiger partial charge < -0.3 is 28.6 Å². The third-order valence-electron chi connectivity index (χ3n) is 5.09. The molecule has 0 bridgehead atoms. The molecule has 2 aromatic rings. The van der Waals surface area contributed by atoms with Crippen LogP contribution in [0.3, 0.4) is 0 Å². The molecule has 2 aromatic carbocycles. The van der Waals surface area contributed by atoms with E-state index in [4.69, 9.17) is 14.2 Å². The molecule has 5 atom stereocenters. The van der Waals surface area contributed by atoms with Crippen molar-refractivity contribution in [2.45, 2.75) is 49.9 Å². The van der Waals surface area contributed by atoms with Gasteiger partial charge in [0.05, 0.1) is 0 Å². The highest BCUT2D eigenvalue weighted by molar-refractivity contribution is 7.88. The number of halogens is 3. The Hall–Kier alpha value is -2.94. The van der Waals surface area contributed by atoms with Crippen LogP contribution in [0.2, 0.25) is 0 Å². The summed E-state index contributed by atoms with van der Waals surface area (Å²) in [7, 11) is -5.84. The number of hydrogen-bond acceptors (Lipinski definition) is 10. The third-order valence-corrected chi connectivity index (χ3v) is 6.07. The molecule has 0 aliphatic carbocycles. The van der Waals surface area contributed by atoms with Gasteiger partial charge in [0, 0.05) is 13.8 Å². The predicted octanol–water partition coefficient (Wildman–Crippen LogP) is 1.72. The van der Waals surface area contributed by atoms with E-state index in [1.54, 1.807) is 0 Å². The van der Waals surface area contributed by atoms with Crippen molar-refractivity contribution in [3.05, 3.63) is 42.0 Å². The molecule has 192 valence electrons. The molecule has 2 N–H and O–H groups in total. The Kier molecular flexibility index (Phi) is 7.59. The predicted molar refractivity (Wildman–Crippen MR) is 111 cm³/mol. The summed E-state index contributed by atoms with van der Waals surface area (Å²) in [5.74, 6) is -1.96. The van der Waals surface area contributed by atoms with Gasteiger partial charge in [0.25, 0.3) is 0 Å². The Morgan fingerprint density at radius 3 is 2.23 bits per heavy atom. The van der Waals surface area contributed by atoms with E-state index in [1.807, 2.05) is 0 Å². The molecule has 1 aliphatic rings. The molecule has 3 rings (SSSR count). The normalized spacial score (nSPS) is 25.2. The first kappa shape index (κ1) is 26.7. The quantitative estimate of drug-likeness (QED) is 0.327. The second-order valence-corrected chi connectivity index (χ2v) is 9.24. The maximum atomic E-state index is 12.6. The van der Waals surface area contributed by atoms with E-state index in [9.17, 15) is 41.4 Å². The molecule has 1 saturated heterocycles. The van der Waals surface area contributed by atoms with Gasteiger partial charge in [-0.25, -0.2) is 0 Å².